The highest BCUT2D eigenvalue weighted by atomic mass is 16.5. The van der Waals surface area contributed by atoms with Crippen molar-refractivity contribution in [3.05, 3.63) is 24.3 Å². The van der Waals surface area contributed by atoms with Crippen LogP contribution in [0.2, 0.25) is 0 Å². The molecule has 0 bridgehead atoms. The summed E-state index contributed by atoms with van der Waals surface area (Å²) in [6.07, 6.45) is 0.812. The van der Waals surface area contributed by atoms with Crippen molar-refractivity contribution in [3.63, 3.8) is 0 Å². The molecule has 2 fully saturated rings. The molecule has 1 aromatic rings. The van der Waals surface area contributed by atoms with E-state index in [-0.39, 0.29) is 31.3 Å². The van der Waals surface area contributed by atoms with Crippen LogP contribution in [0.1, 0.15) is 19.3 Å². The second-order valence-electron chi connectivity index (χ2n) is 6.99. The Hall–Kier alpha value is -2.61. The van der Waals surface area contributed by atoms with Gasteiger partial charge in [-0.2, -0.15) is 0 Å². The Kier molecular flexibility index (Phi) is 5.65. The van der Waals surface area contributed by atoms with Gasteiger partial charge in [0.1, 0.15) is 5.75 Å². The van der Waals surface area contributed by atoms with Gasteiger partial charge in [-0.25, -0.2) is 0 Å². The Morgan fingerprint density at radius 3 is 2.70 bits per heavy atom. The molecule has 0 spiro atoms. The number of hydrogen-bond donors (Lipinski definition) is 2. The molecule has 1 atom stereocenters. The van der Waals surface area contributed by atoms with E-state index in [1.165, 1.54) is 7.11 Å². The first-order valence-electron chi connectivity index (χ1n) is 8.99. The standard InChI is InChI=1S/C19H24N2O6/c1-26-15-5-3-2-4-14(15)21-11-13(10-16(21)22)17(23)20-12-19(18(24)25)6-8-27-9-7-19/h2-5,13H,6-12H2,1H3,(H,20,23)(H,24,25). The largest absolute Gasteiger partial charge is 0.495 e. The summed E-state index contributed by atoms with van der Waals surface area (Å²) in [6, 6.07) is 7.16. The van der Waals surface area contributed by atoms with Crippen molar-refractivity contribution >= 4 is 23.5 Å². The van der Waals surface area contributed by atoms with Gasteiger partial charge in [0.15, 0.2) is 0 Å². The molecule has 0 aliphatic carbocycles. The Morgan fingerprint density at radius 2 is 2.04 bits per heavy atom. The molecule has 0 radical (unpaired) electrons. The number of para-hydroxylation sites is 2. The van der Waals surface area contributed by atoms with Crippen molar-refractivity contribution in [1.29, 1.82) is 0 Å². The van der Waals surface area contributed by atoms with Crippen LogP contribution in [0.15, 0.2) is 24.3 Å². The van der Waals surface area contributed by atoms with Crippen molar-refractivity contribution < 1.29 is 29.0 Å². The number of rotatable bonds is 6. The summed E-state index contributed by atoms with van der Waals surface area (Å²) in [5.41, 5.74) is -0.370. The average molecular weight is 376 g/mol. The summed E-state index contributed by atoms with van der Waals surface area (Å²) < 4.78 is 10.5. The van der Waals surface area contributed by atoms with E-state index in [0.29, 0.717) is 37.5 Å². The molecule has 0 aromatic heterocycles. The van der Waals surface area contributed by atoms with Gasteiger partial charge in [0, 0.05) is 32.7 Å². The maximum absolute atomic E-state index is 12.6. The first-order chi connectivity index (χ1) is 13.0. The zero-order chi connectivity index (χ0) is 19.4. The van der Waals surface area contributed by atoms with Crippen LogP contribution in [0.3, 0.4) is 0 Å². The molecule has 146 valence electrons. The highest BCUT2D eigenvalue weighted by molar-refractivity contribution is 6.01. The van der Waals surface area contributed by atoms with Gasteiger partial charge in [0.05, 0.1) is 24.1 Å². The molecule has 1 aromatic carbocycles. The van der Waals surface area contributed by atoms with Crippen LogP contribution in [0.5, 0.6) is 5.75 Å². The second kappa shape index (κ2) is 7.96. The number of aliphatic carboxylic acids is 1. The van der Waals surface area contributed by atoms with Crippen molar-refractivity contribution in [2.24, 2.45) is 11.3 Å². The van der Waals surface area contributed by atoms with Crippen LogP contribution in [0.25, 0.3) is 0 Å². The van der Waals surface area contributed by atoms with Gasteiger partial charge >= 0.3 is 5.97 Å². The molecule has 2 heterocycles. The summed E-state index contributed by atoms with van der Waals surface area (Å²) in [5, 5.41) is 12.3. The molecule has 2 saturated heterocycles. The minimum absolute atomic E-state index is 0.0455. The number of anilines is 1. The van der Waals surface area contributed by atoms with Crippen molar-refractivity contribution in [3.8, 4) is 5.75 Å². The number of carbonyl (C=O) groups is 3. The number of nitrogens with one attached hydrogen (secondary N) is 1. The molecule has 1 unspecified atom stereocenters. The summed E-state index contributed by atoms with van der Waals surface area (Å²) in [6.45, 7) is 1.02. The third-order valence-corrected chi connectivity index (χ3v) is 5.38. The predicted octanol–water partition coefficient (Wildman–Crippen LogP) is 1.05. The average Bonchev–Trinajstić information content (AvgIpc) is 3.08. The van der Waals surface area contributed by atoms with Gasteiger partial charge in [0.2, 0.25) is 11.8 Å². The number of benzene rings is 1. The predicted molar refractivity (Wildman–Crippen MR) is 96.6 cm³/mol. The fourth-order valence-electron chi connectivity index (χ4n) is 3.60. The van der Waals surface area contributed by atoms with Gasteiger partial charge < -0.3 is 24.8 Å². The number of hydrogen-bond acceptors (Lipinski definition) is 5. The highest BCUT2D eigenvalue weighted by Gasteiger charge is 2.42. The molecular formula is C19H24N2O6. The molecule has 2 aliphatic heterocycles. The Balaban J connectivity index is 1.64. The van der Waals surface area contributed by atoms with Crippen LogP contribution >= 0.6 is 0 Å². The lowest BCUT2D eigenvalue weighted by molar-refractivity contribution is -0.154. The highest BCUT2D eigenvalue weighted by Crippen LogP contribution is 2.33. The molecule has 27 heavy (non-hydrogen) atoms. The number of methoxy groups -OCH3 is 1. The van der Waals surface area contributed by atoms with Crippen LogP contribution < -0.4 is 15.0 Å². The Bertz CT molecular complexity index is 729. The first kappa shape index (κ1) is 19.2. The molecule has 2 aliphatic rings. The van der Waals surface area contributed by atoms with Crippen molar-refractivity contribution in [2.45, 2.75) is 19.3 Å². The van der Waals surface area contributed by atoms with E-state index in [4.69, 9.17) is 9.47 Å². The smallest absolute Gasteiger partial charge is 0.311 e. The Labute approximate surface area is 157 Å². The van der Waals surface area contributed by atoms with Crippen LogP contribution in [-0.2, 0) is 19.1 Å². The molecule has 8 heteroatoms. The van der Waals surface area contributed by atoms with E-state index in [0.717, 1.165) is 0 Å². The second-order valence-corrected chi connectivity index (χ2v) is 6.99. The quantitative estimate of drug-likeness (QED) is 0.769. The van der Waals surface area contributed by atoms with Gasteiger partial charge in [-0.1, -0.05) is 12.1 Å². The maximum atomic E-state index is 12.6. The van der Waals surface area contributed by atoms with E-state index in [2.05, 4.69) is 5.32 Å². The third-order valence-electron chi connectivity index (χ3n) is 5.38. The number of nitrogens with zero attached hydrogens (tertiary/aromatic N) is 1. The van der Waals surface area contributed by atoms with Gasteiger partial charge in [-0.3, -0.25) is 14.4 Å². The van der Waals surface area contributed by atoms with E-state index in [1.807, 2.05) is 6.07 Å². The summed E-state index contributed by atoms with van der Waals surface area (Å²) >= 11 is 0. The number of ether oxygens (including phenoxy) is 2. The van der Waals surface area contributed by atoms with Gasteiger partial charge in [0.25, 0.3) is 0 Å². The molecule has 2 N–H and O–H groups in total. The van der Waals surface area contributed by atoms with Gasteiger partial charge in [-0.15, -0.1) is 0 Å². The molecule has 2 amide bonds. The fourth-order valence-corrected chi connectivity index (χ4v) is 3.60. The van der Waals surface area contributed by atoms with Crippen LogP contribution in [0.4, 0.5) is 5.69 Å². The fraction of sp³-hybridized carbons (Fsp3) is 0.526. The zero-order valence-electron chi connectivity index (χ0n) is 15.3. The van der Waals surface area contributed by atoms with Crippen molar-refractivity contribution in [1.82, 2.24) is 5.32 Å². The maximum Gasteiger partial charge on any atom is 0.311 e. The van der Waals surface area contributed by atoms with E-state index in [1.54, 1.807) is 23.1 Å². The third kappa shape index (κ3) is 3.90. The van der Waals surface area contributed by atoms with E-state index in [9.17, 15) is 19.5 Å². The number of amides is 2. The molecule has 0 saturated carbocycles. The van der Waals surface area contributed by atoms with Crippen LogP contribution in [-0.4, -0.2) is 56.3 Å². The summed E-state index contributed by atoms with van der Waals surface area (Å²) in [5.74, 6) is -1.33. The van der Waals surface area contributed by atoms with E-state index < -0.39 is 17.3 Å². The number of carboxylic acid groups (broad SMARTS) is 1. The van der Waals surface area contributed by atoms with Crippen LogP contribution in [0, 0.1) is 11.3 Å². The molecule has 8 nitrogen and oxygen atoms in total. The normalized spacial score (nSPS) is 21.7. The number of carbonyl (C=O) groups excluding carboxylic acids is 2. The van der Waals surface area contributed by atoms with Crippen molar-refractivity contribution in [2.75, 3.05) is 38.3 Å². The SMILES string of the molecule is COc1ccccc1N1CC(C(=O)NCC2(C(=O)O)CCOCC2)CC1=O. The minimum Gasteiger partial charge on any atom is -0.495 e. The van der Waals surface area contributed by atoms with E-state index >= 15 is 0 Å². The lowest BCUT2D eigenvalue weighted by Gasteiger charge is -2.33. The lowest BCUT2D eigenvalue weighted by atomic mass is 9.80. The summed E-state index contributed by atoms with van der Waals surface area (Å²) in [7, 11) is 1.53. The molecule has 3 rings (SSSR count). The van der Waals surface area contributed by atoms with Gasteiger partial charge in [-0.05, 0) is 25.0 Å². The topological polar surface area (TPSA) is 105 Å². The Morgan fingerprint density at radius 1 is 1.33 bits per heavy atom. The summed E-state index contributed by atoms with van der Waals surface area (Å²) in [4.78, 5) is 38.2. The first-order valence-corrected chi connectivity index (χ1v) is 8.99. The molecular weight excluding hydrogens is 352 g/mol. The lowest BCUT2D eigenvalue weighted by Crippen LogP contribution is -2.48. The number of carboxylic acids is 1. The minimum atomic E-state index is -1.00. The zero-order valence-corrected chi connectivity index (χ0v) is 15.3. The monoisotopic (exact) mass is 376 g/mol.